The van der Waals surface area contributed by atoms with E-state index in [2.05, 4.69) is 12.2 Å². The summed E-state index contributed by atoms with van der Waals surface area (Å²) in [4.78, 5) is 0. The summed E-state index contributed by atoms with van der Waals surface area (Å²) in [5, 5.41) is 3.44. The quantitative estimate of drug-likeness (QED) is 0.858. The van der Waals surface area contributed by atoms with Crippen LogP contribution in [0.2, 0.25) is 0 Å². The van der Waals surface area contributed by atoms with Crippen LogP contribution in [0.4, 0.5) is 4.39 Å². The molecule has 0 aliphatic rings. The molecule has 2 aromatic rings. The van der Waals surface area contributed by atoms with E-state index < -0.39 is 0 Å². The summed E-state index contributed by atoms with van der Waals surface area (Å²) in [6, 6.07) is 13.2. The predicted octanol–water partition coefficient (Wildman–Crippen LogP) is 4.23. The monoisotopic (exact) mass is 287 g/mol. The van der Waals surface area contributed by atoms with E-state index in [0.717, 1.165) is 24.1 Å². The van der Waals surface area contributed by atoms with Crippen molar-refractivity contribution in [1.29, 1.82) is 0 Å². The van der Waals surface area contributed by atoms with Crippen molar-refractivity contribution in [2.75, 3.05) is 13.7 Å². The highest BCUT2D eigenvalue weighted by molar-refractivity contribution is 5.41. The van der Waals surface area contributed by atoms with Gasteiger partial charge in [0.15, 0.2) is 11.6 Å². The lowest BCUT2D eigenvalue weighted by Crippen LogP contribution is -2.25. The Kier molecular flexibility index (Phi) is 5.34. The maximum atomic E-state index is 14.6. The van der Waals surface area contributed by atoms with Crippen LogP contribution in [0.1, 0.15) is 36.1 Å². The molecule has 0 aromatic heterocycles. The highest BCUT2D eigenvalue weighted by Gasteiger charge is 2.20. The molecule has 2 nitrogen and oxygen atoms in total. The van der Waals surface area contributed by atoms with Crippen LogP contribution >= 0.6 is 0 Å². The number of nitrogens with one attached hydrogen (secondary N) is 1. The number of ether oxygens (including phenoxy) is 1. The third-order valence-corrected chi connectivity index (χ3v) is 3.62. The standard InChI is InChI=1S/C18H22FNO/c1-4-12-20-18(14-9-6-5-8-13(14)2)15-10-7-11-16(21-3)17(15)19/h5-11,18,20H,4,12H2,1-3H3. The zero-order valence-electron chi connectivity index (χ0n) is 12.8. The molecule has 21 heavy (non-hydrogen) atoms. The number of hydrogen-bond donors (Lipinski definition) is 1. The van der Waals surface area contributed by atoms with Crippen LogP contribution in [0, 0.1) is 12.7 Å². The molecule has 0 amide bonds. The summed E-state index contributed by atoms with van der Waals surface area (Å²) in [6.45, 7) is 4.98. The third-order valence-electron chi connectivity index (χ3n) is 3.62. The van der Waals surface area contributed by atoms with E-state index in [4.69, 9.17) is 4.74 Å². The molecule has 1 atom stereocenters. The van der Waals surface area contributed by atoms with Crippen molar-refractivity contribution in [1.82, 2.24) is 5.32 Å². The Morgan fingerprint density at radius 2 is 1.81 bits per heavy atom. The van der Waals surface area contributed by atoms with E-state index in [-0.39, 0.29) is 17.6 Å². The van der Waals surface area contributed by atoms with Gasteiger partial charge in [-0.1, -0.05) is 43.3 Å². The van der Waals surface area contributed by atoms with Crippen LogP contribution in [0.5, 0.6) is 5.75 Å². The van der Waals surface area contributed by atoms with E-state index >= 15 is 0 Å². The molecule has 0 saturated heterocycles. The molecule has 0 fully saturated rings. The molecule has 1 unspecified atom stereocenters. The second-order valence-electron chi connectivity index (χ2n) is 5.11. The Morgan fingerprint density at radius 3 is 2.48 bits per heavy atom. The van der Waals surface area contributed by atoms with Crippen molar-refractivity contribution in [3.63, 3.8) is 0 Å². The van der Waals surface area contributed by atoms with E-state index in [1.165, 1.54) is 7.11 Å². The second-order valence-corrected chi connectivity index (χ2v) is 5.11. The molecule has 0 aliphatic carbocycles. The van der Waals surface area contributed by atoms with Gasteiger partial charge in [-0.05, 0) is 37.1 Å². The number of methoxy groups -OCH3 is 1. The van der Waals surface area contributed by atoms with E-state index in [1.807, 2.05) is 43.3 Å². The first-order valence-corrected chi connectivity index (χ1v) is 7.30. The Bertz CT molecular complexity index is 598. The minimum absolute atomic E-state index is 0.166. The summed E-state index contributed by atoms with van der Waals surface area (Å²) in [5.41, 5.74) is 2.86. The van der Waals surface area contributed by atoms with Crippen LogP contribution in [-0.4, -0.2) is 13.7 Å². The van der Waals surface area contributed by atoms with Gasteiger partial charge >= 0.3 is 0 Å². The molecule has 0 spiro atoms. The topological polar surface area (TPSA) is 21.3 Å². The van der Waals surface area contributed by atoms with Gasteiger partial charge in [0.1, 0.15) is 0 Å². The van der Waals surface area contributed by atoms with Gasteiger partial charge in [-0.2, -0.15) is 0 Å². The van der Waals surface area contributed by atoms with Gasteiger partial charge in [-0.25, -0.2) is 4.39 Å². The van der Waals surface area contributed by atoms with Gasteiger partial charge in [0, 0.05) is 5.56 Å². The zero-order valence-corrected chi connectivity index (χ0v) is 12.8. The maximum Gasteiger partial charge on any atom is 0.170 e. The van der Waals surface area contributed by atoms with Gasteiger partial charge in [-0.3, -0.25) is 0 Å². The van der Waals surface area contributed by atoms with Crippen molar-refractivity contribution < 1.29 is 9.13 Å². The average Bonchev–Trinajstić information content (AvgIpc) is 2.50. The molecular weight excluding hydrogens is 265 g/mol. The van der Waals surface area contributed by atoms with E-state index in [9.17, 15) is 4.39 Å². The highest BCUT2D eigenvalue weighted by atomic mass is 19.1. The summed E-state index contributed by atoms with van der Waals surface area (Å²) in [6.07, 6.45) is 0.994. The van der Waals surface area contributed by atoms with Crippen molar-refractivity contribution in [3.05, 3.63) is 65.0 Å². The van der Waals surface area contributed by atoms with Gasteiger partial charge in [0.25, 0.3) is 0 Å². The van der Waals surface area contributed by atoms with Gasteiger partial charge in [0.05, 0.1) is 13.2 Å². The molecule has 112 valence electrons. The first-order chi connectivity index (χ1) is 10.2. The SMILES string of the molecule is CCCNC(c1ccccc1C)c1cccc(OC)c1F. The fourth-order valence-corrected chi connectivity index (χ4v) is 2.50. The molecule has 0 bridgehead atoms. The van der Waals surface area contributed by atoms with Crippen molar-refractivity contribution >= 4 is 0 Å². The van der Waals surface area contributed by atoms with Crippen LogP contribution in [0.25, 0.3) is 0 Å². The van der Waals surface area contributed by atoms with Gasteiger partial charge < -0.3 is 10.1 Å². The number of benzene rings is 2. The molecule has 0 aliphatic heterocycles. The largest absolute Gasteiger partial charge is 0.494 e. The molecule has 2 rings (SSSR count). The smallest absolute Gasteiger partial charge is 0.170 e. The van der Waals surface area contributed by atoms with Crippen LogP contribution in [0.3, 0.4) is 0 Å². The normalized spacial score (nSPS) is 12.2. The Labute approximate surface area is 126 Å². The lowest BCUT2D eigenvalue weighted by Gasteiger charge is -2.22. The van der Waals surface area contributed by atoms with Gasteiger partial charge in [0.2, 0.25) is 0 Å². The molecule has 0 radical (unpaired) electrons. The number of aryl methyl sites for hydroxylation is 1. The molecular formula is C18H22FNO. The highest BCUT2D eigenvalue weighted by Crippen LogP contribution is 2.30. The lowest BCUT2D eigenvalue weighted by molar-refractivity contribution is 0.381. The number of hydrogen-bond acceptors (Lipinski definition) is 2. The molecule has 0 saturated carbocycles. The Balaban J connectivity index is 2.48. The molecule has 3 heteroatoms. The summed E-state index contributed by atoms with van der Waals surface area (Å²) in [7, 11) is 1.49. The maximum absolute atomic E-state index is 14.6. The first kappa shape index (κ1) is 15.5. The summed E-state index contributed by atoms with van der Waals surface area (Å²) >= 11 is 0. The van der Waals surface area contributed by atoms with Crippen LogP contribution < -0.4 is 10.1 Å². The molecule has 1 N–H and O–H groups in total. The Morgan fingerprint density at radius 1 is 1.10 bits per heavy atom. The van der Waals surface area contributed by atoms with Crippen molar-refractivity contribution in [2.24, 2.45) is 0 Å². The molecule has 0 heterocycles. The first-order valence-electron chi connectivity index (χ1n) is 7.30. The third kappa shape index (κ3) is 3.42. The summed E-state index contributed by atoms with van der Waals surface area (Å²) in [5.74, 6) is -0.0127. The number of halogens is 1. The zero-order chi connectivity index (χ0) is 15.2. The van der Waals surface area contributed by atoms with Crippen LogP contribution in [-0.2, 0) is 0 Å². The van der Waals surface area contributed by atoms with Crippen molar-refractivity contribution in [3.8, 4) is 5.75 Å². The van der Waals surface area contributed by atoms with Crippen molar-refractivity contribution in [2.45, 2.75) is 26.3 Å². The fraction of sp³-hybridized carbons (Fsp3) is 0.333. The Hall–Kier alpha value is -1.87. The second kappa shape index (κ2) is 7.23. The predicted molar refractivity (Wildman–Crippen MR) is 84.3 cm³/mol. The number of rotatable bonds is 6. The van der Waals surface area contributed by atoms with E-state index in [0.29, 0.717) is 5.56 Å². The minimum atomic E-state index is -0.295. The minimum Gasteiger partial charge on any atom is -0.494 e. The van der Waals surface area contributed by atoms with E-state index in [1.54, 1.807) is 6.07 Å². The molecule has 2 aromatic carbocycles. The van der Waals surface area contributed by atoms with Crippen LogP contribution in [0.15, 0.2) is 42.5 Å². The summed E-state index contributed by atoms with van der Waals surface area (Å²) < 4.78 is 19.7. The lowest BCUT2D eigenvalue weighted by atomic mass is 9.94. The average molecular weight is 287 g/mol. The van der Waals surface area contributed by atoms with Gasteiger partial charge in [-0.15, -0.1) is 0 Å². The fourth-order valence-electron chi connectivity index (χ4n) is 2.50.